The standard InChI is InChI=1S/C23H24ClN3O4/c1-16(22(29)26-19-8-5-13-25-21(19)24)31-23(30)18-11-14-27(15-12-18)20(28)10-9-17-6-3-2-4-7-17/h2-10,13,16,18H,11-12,14-15H2,1H3,(H,26,29)/b10-9+. The molecule has 0 spiro atoms. The highest BCUT2D eigenvalue weighted by molar-refractivity contribution is 6.32. The summed E-state index contributed by atoms with van der Waals surface area (Å²) in [6, 6.07) is 12.8. The Bertz CT molecular complexity index is 956. The predicted molar refractivity (Wildman–Crippen MR) is 118 cm³/mol. The third-order valence-electron chi connectivity index (χ3n) is 5.04. The number of hydrogen-bond donors (Lipinski definition) is 1. The molecule has 1 N–H and O–H groups in total. The molecule has 8 heteroatoms. The number of anilines is 1. The van der Waals surface area contributed by atoms with Crippen molar-refractivity contribution in [1.29, 1.82) is 0 Å². The number of likely N-dealkylation sites (tertiary alicyclic amines) is 1. The van der Waals surface area contributed by atoms with Crippen molar-refractivity contribution in [3.05, 3.63) is 65.5 Å². The Morgan fingerprint density at radius 1 is 1.16 bits per heavy atom. The predicted octanol–water partition coefficient (Wildman–Crippen LogP) is 3.56. The smallest absolute Gasteiger partial charge is 0.309 e. The average Bonchev–Trinajstić information content (AvgIpc) is 2.79. The molecule has 1 aliphatic heterocycles. The summed E-state index contributed by atoms with van der Waals surface area (Å²) in [5.41, 5.74) is 1.31. The number of amides is 2. The maximum Gasteiger partial charge on any atom is 0.309 e. The zero-order valence-electron chi connectivity index (χ0n) is 17.2. The van der Waals surface area contributed by atoms with Crippen molar-refractivity contribution in [2.45, 2.75) is 25.9 Å². The molecular weight excluding hydrogens is 418 g/mol. The first-order valence-electron chi connectivity index (χ1n) is 10.1. The molecule has 0 bridgehead atoms. The number of aromatic nitrogens is 1. The van der Waals surface area contributed by atoms with Crippen LogP contribution in [-0.4, -0.2) is 46.9 Å². The Kier molecular flexibility index (Phi) is 7.78. The molecule has 2 heterocycles. The zero-order chi connectivity index (χ0) is 22.2. The normalized spacial score (nSPS) is 15.5. The molecule has 1 unspecified atom stereocenters. The first kappa shape index (κ1) is 22.5. The minimum absolute atomic E-state index is 0.0863. The van der Waals surface area contributed by atoms with E-state index in [1.54, 1.807) is 29.2 Å². The lowest BCUT2D eigenvalue weighted by molar-refractivity contribution is -0.159. The minimum atomic E-state index is -0.975. The van der Waals surface area contributed by atoms with E-state index in [0.29, 0.717) is 31.6 Å². The summed E-state index contributed by atoms with van der Waals surface area (Å²) in [4.78, 5) is 42.7. The van der Waals surface area contributed by atoms with Gasteiger partial charge in [-0.2, -0.15) is 0 Å². The largest absolute Gasteiger partial charge is 0.452 e. The first-order chi connectivity index (χ1) is 14.9. The van der Waals surface area contributed by atoms with Crippen LogP contribution in [0.1, 0.15) is 25.3 Å². The number of nitrogens with zero attached hydrogens (tertiary/aromatic N) is 2. The van der Waals surface area contributed by atoms with Crippen LogP contribution in [-0.2, 0) is 19.1 Å². The van der Waals surface area contributed by atoms with Gasteiger partial charge in [0.15, 0.2) is 11.3 Å². The van der Waals surface area contributed by atoms with Crippen LogP contribution in [0.2, 0.25) is 5.15 Å². The summed E-state index contributed by atoms with van der Waals surface area (Å²) in [5.74, 6) is -1.36. The lowest BCUT2D eigenvalue weighted by Crippen LogP contribution is -2.41. The van der Waals surface area contributed by atoms with Crippen molar-refractivity contribution in [3.63, 3.8) is 0 Å². The maximum atomic E-state index is 12.5. The second-order valence-corrected chi connectivity index (χ2v) is 7.61. The SMILES string of the molecule is CC(OC(=O)C1CCN(C(=O)/C=C/c2ccccc2)CC1)C(=O)Nc1cccnc1Cl. The van der Waals surface area contributed by atoms with E-state index in [-0.39, 0.29) is 17.0 Å². The fourth-order valence-corrected chi connectivity index (χ4v) is 3.38. The quantitative estimate of drug-likeness (QED) is 0.420. The molecule has 0 saturated carbocycles. The minimum Gasteiger partial charge on any atom is -0.452 e. The van der Waals surface area contributed by atoms with Gasteiger partial charge < -0.3 is 15.0 Å². The molecule has 7 nitrogen and oxygen atoms in total. The Labute approximate surface area is 186 Å². The van der Waals surface area contributed by atoms with Gasteiger partial charge in [0.25, 0.3) is 5.91 Å². The molecule has 1 aliphatic rings. The van der Waals surface area contributed by atoms with Gasteiger partial charge in [-0.1, -0.05) is 41.9 Å². The molecule has 31 heavy (non-hydrogen) atoms. The van der Waals surface area contributed by atoms with E-state index in [2.05, 4.69) is 10.3 Å². The lowest BCUT2D eigenvalue weighted by atomic mass is 9.97. The lowest BCUT2D eigenvalue weighted by Gasteiger charge is -2.30. The van der Waals surface area contributed by atoms with Gasteiger partial charge in [0.05, 0.1) is 11.6 Å². The van der Waals surface area contributed by atoms with Crippen LogP contribution >= 0.6 is 11.6 Å². The summed E-state index contributed by atoms with van der Waals surface area (Å²) < 4.78 is 5.33. The van der Waals surface area contributed by atoms with Crippen molar-refractivity contribution in [2.75, 3.05) is 18.4 Å². The van der Waals surface area contributed by atoms with E-state index in [4.69, 9.17) is 16.3 Å². The van der Waals surface area contributed by atoms with Crippen LogP contribution in [0.15, 0.2) is 54.7 Å². The van der Waals surface area contributed by atoms with Crippen molar-refractivity contribution in [1.82, 2.24) is 9.88 Å². The van der Waals surface area contributed by atoms with Crippen molar-refractivity contribution >= 4 is 41.1 Å². The highest BCUT2D eigenvalue weighted by atomic mass is 35.5. The number of nitrogens with one attached hydrogen (secondary N) is 1. The number of benzene rings is 1. The molecule has 1 aromatic heterocycles. The number of ether oxygens (including phenoxy) is 1. The van der Waals surface area contributed by atoms with Crippen LogP contribution in [0.25, 0.3) is 6.08 Å². The maximum absolute atomic E-state index is 12.5. The van der Waals surface area contributed by atoms with Gasteiger partial charge >= 0.3 is 5.97 Å². The molecule has 162 valence electrons. The van der Waals surface area contributed by atoms with Crippen molar-refractivity contribution in [2.24, 2.45) is 5.92 Å². The number of hydrogen-bond acceptors (Lipinski definition) is 5. The van der Waals surface area contributed by atoms with Gasteiger partial charge in [-0.3, -0.25) is 14.4 Å². The second-order valence-electron chi connectivity index (χ2n) is 7.25. The van der Waals surface area contributed by atoms with Gasteiger partial charge in [-0.25, -0.2) is 4.98 Å². The second kappa shape index (κ2) is 10.7. The van der Waals surface area contributed by atoms with Crippen LogP contribution in [0.5, 0.6) is 0 Å². The molecule has 1 fully saturated rings. The first-order valence-corrected chi connectivity index (χ1v) is 10.5. The van der Waals surface area contributed by atoms with Crippen LogP contribution in [0.3, 0.4) is 0 Å². The van der Waals surface area contributed by atoms with Crippen LogP contribution < -0.4 is 5.32 Å². The summed E-state index contributed by atoms with van der Waals surface area (Å²) in [5, 5.41) is 2.76. The average molecular weight is 442 g/mol. The number of carbonyl (C=O) groups excluding carboxylic acids is 3. The molecular formula is C23H24ClN3O4. The third kappa shape index (κ3) is 6.39. The van der Waals surface area contributed by atoms with Gasteiger partial charge in [0.2, 0.25) is 5.91 Å². The monoisotopic (exact) mass is 441 g/mol. The van der Waals surface area contributed by atoms with Gasteiger partial charge in [-0.05, 0) is 43.5 Å². The van der Waals surface area contributed by atoms with E-state index in [0.717, 1.165) is 5.56 Å². The van der Waals surface area contributed by atoms with Gasteiger partial charge in [-0.15, -0.1) is 0 Å². The number of rotatable bonds is 6. The zero-order valence-corrected chi connectivity index (χ0v) is 17.9. The molecule has 1 aromatic carbocycles. The van der Waals surface area contributed by atoms with Gasteiger partial charge in [0.1, 0.15) is 0 Å². The van der Waals surface area contributed by atoms with Gasteiger partial charge in [0, 0.05) is 25.4 Å². The van der Waals surface area contributed by atoms with E-state index >= 15 is 0 Å². The number of esters is 1. The van der Waals surface area contributed by atoms with E-state index in [1.165, 1.54) is 13.1 Å². The molecule has 1 atom stereocenters. The Balaban J connectivity index is 1.45. The van der Waals surface area contributed by atoms with Crippen molar-refractivity contribution in [3.8, 4) is 0 Å². The van der Waals surface area contributed by atoms with Crippen LogP contribution in [0, 0.1) is 5.92 Å². The summed E-state index contributed by atoms with van der Waals surface area (Å²) in [7, 11) is 0. The van der Waals surface area contributed by atoms with E-state index in [9.17, 15) is 14.4 Å². The fraction of sp³-hybridized carbons (Fsp3) is 0.304. The third-order valence-corrected chi connectivity index (χ3v) is 5.34. The fourth-order valence-electron chi connectivity index (χ4n) is 3.21. The molecule has 2 amide bonds. The van der Waals surface area contributed by atoms with E-state index < -0.39 is 18.0 Å². The molecule has 3 rings (SSSR count). The Morgan fingerprint density at radius 2 is 1.87 bits per heavy atom. The number of piperidine rings is 1. The number of halogens is 1. The molecule has 0 aliphatic carbocycles. The summed E-state index contributed by atoms with van der Waals surface area (Å²) >= 11 is 5.93. The molecule has 1 saturated heterocycles. The van der Waals surface area contributed by atoms with E-state index in [1.807, 2.05) is 30.3 Å². The summed E-state index contributed by atoms with van der Waals surface area (Å²) in [6.07, 6.45) is 4.84. The molecule has 0 radical (unpaired) electrons. The number of pyridine rings is 1. The highest BCUT2D eigenvalue weighted by Crippen LogP contribution is 2.21. The highest BCUT2D eigenvalue weighted by Gasteiger charge is 2.30. The number of carbonyl (C=O) groups is 3. The summed E-state index contributed by atoms with van der Waals surface area (Å²) in [6.45, 7) is 2.43. The Morgan fingerprint density at radius 3 is 2.55 bits per heavy atom. The topological polar surface area (TPSA) is 88.6 Å². The Hall–Kier alpha value is -3.19. The molecule has 2 aromatic rings. The van der Waals surface area contributed by atoms with Crippen molar-refractivity contribution < 1.29 is 19.1 Å². The van der Waals surface area contributed by atoms with Crippen LogP contribution in [0.4, 0.5) is 5.69 Å².